The first kappa shape index (κ1) is 19.0. The molecule has 0 aliphatic heterocycles. The van der Waals surface area contributed by atoms with Gasteiger partial charge in [-0.15, -0.1) is 24.0 Å². The van der Waals surface area contributed by atoms with Gasteiger partial charge in [0, 0.05) is 31.9 Å². The fraction of sp³-hybridized carbons (Fsp3) is 0.625. The fourth-order valence-corrected chi connectivity index (χ4v) is 2.61. The summed E-state index contributed by atoms with van der Waals surface area (Å²) in [5.74, 6) is 2.37. The van der Waals surface area contributed by atoms with Gasteiger partial charge >= 0.3 is 0 Å². The molecule has 5 nitrogen and oxygen atoms in total. The number of ether oxygens (including phenoxy) is 1. The first-order valence-corrected chi connectivity index (χ1v) is 7.67. The zero-order valence-electron chi connectivity index (χ0n) is 13.6. The number of guanidine groups is 1. The maximum atomic E-state index is 5.06. The van der Waals surface area contributed by atoms with E-state index in [1.165, 1.54) is 25.7 Å². The zero-order chi connectivity index (χ0) is 15.1. The van der Waals surface area contributed by atoms with Crippen LogP contribution in [0, 0.1) is 5.92 Å². The highest BCUT2D eigenvalue weighted by Gasteiger charge is 2.18. The Morgan fingerprint density at radius 1 is 1.32 bits per heavy atom. The van der Waals surface area contributed by atoms with Gasteiger partial charge in [0.2, 0.25) is 5.88 Å². The van der Waals surface area contributed by atoms with Crippen LogP contribution in [0.25, 0.3) is 0 Å². The number of nitrogens with one attached hydrogen (secondary N) is 2. The third-order valence-corrected chi connectivity index (χ3v) is 4.05. The minimum atomic E-state index is 0. The van der Waals surface area contributed by atoms with Gasteiger partial charge in [-0.3, -0.25) is 4.99 Å². The van der Waals surface area contributed by atoms with Crippen LogP contribution in [0.1, 0.15) is 38.2 Å². The smallest absolute Gasteiger partial charge is 0.212 e. The summed E-state index contributed by atoms with van der Waals surface area (Å²) in [5.41, 5.74) is 1.11. The van der Waals surface area contributed by atoms with E-state index in [2.05, 4.69) is 27.5 Å². The van der Waals surface area contributed by atoms with Crippen LogP contribution in [-0.4, -0.2) is 31.1 Å². The highest BCUT2D eigenvalue weighted by atomic mass is 127. The molecule has 1 aromatic rings. The van der Waals surface area contributed by atoms with E-state index < -0.39 is 0 Å². The van der Waals surface area contributed by atoms with Crippen molar-refractivity contribution in [3.05, 3.63) is 23.9 Å². The van der Waals surface area contributed by atoms with E-state index in [-0.39, 0.29) is 24.0 Å². The quantitative estimate of drug-likeness (QED) is 0.449. The number of pyridine rings is 1. The number of nitrogens with zero attached hydrogens (tertiary/aromatic N) is 2. The largest absolute Gasteiger partial charge is 0.481 e. The summed E-state index contributed by atoms with van der Waals surface area (Å²) in [7, 11) is 3.43. The van der Waals surface area contributed by atoms with Crippen LogP contribution in [0.2, 0.25) is 0 Å². The van der Waals surface area contributed by atoms with Gasteiger partial charge in [0.15, 0.2) is 5.96 Å². The molecule has 1 aliphatic carbocycles. The molecule has 0 atom stereocenters. The standard InChI is InChI=1S/C16H26N4O.HI/c1-12-4-7-14(8-5-12)20-16(17-2)19-11-13-6-9-15(21-3)18-10-13;/h6,9-10,12,14H,4-5,7-8,11H2,1-3H3,(H2,17,19,20);1H. The lowest BCUT2D eigenvalue weighted by atomic mass is 9.87. The van der Waals surface area contributed by atoms with Crippen LogP contribution in [0.3, 0.4) is 0 Å². The third-order valence-electron chi connectivity index (χ3n) is 4.05. The molecule has 2 rings (SSSR count). The summed E-state index contributed by atoms with van der Waals surface area (Å²) in [6.07, 6.45) is 6.88. The lowest BCUT2D eigenvalue weighted by molar-refractivity contribution is 0.329. The molecule has 0 bridgehead atoms. The molecule has 1 saturated carbocycles. The zero-order valence-corrected chi connectivity index (χ0v) is 16.0. The summed E-state index contributed by atoms with van der Waals surface area (Å²) in [5, 5.41) is 6.85. The molecule has 1 aliphatic rings. The van der Waals surface area contributed by atoms with E-state index in [4.69, 9.17) is 4.74 Å². The number of halogens is 1. The average Bonchev–Trinajstić information content (AvgIpc) is 2.53. The first-order chi connectivity index (χ1) is 10.2. The highest BCUT2D eigenvalue weighted by molar-refractivity contribution is 14.0. The SMILES string of the molecule is CN=C(NCc1ccc(OC)nc1)NC1CCC(C)CC1.I. The van der Waals surface area contributed by atoms with Crippen molar-refractivity contribution in [2.75, 3.05) is 14.2 Å². The molecule has 0 spiro atoms. The minimum absolute atomic E-state index is 0. The van der Waals surface area contributed by atoms with Crippen LogP contribution in [0.15, 0.2) is 23.3 Å². The topological polar surface area (TPSA) is 58.5 Å². The Morgan fingerprint density at radius 2 is 2.05 bits per heavy atom. The van der Waals surface area contributed by atoms with E-state index in [1.807, 2.05) is 25.4 Å². The number of aliphatic imine (C=N–C) groups is 1. The number of methoxy groups -OCH3 is 1. The lowest BCUT2D eigenvalue weighted by Crippen LogP contribution is -2.44. The summed E-state index contributed by atoms with van der Waals surface area (Å²) < 4.78 is 5.06. The van der Waals surface area contributed by atoms with Gasteiger partial charge in [-0.2, -0.15) is 0 Å². The van der Waals surface area contributed by atoms with Gasteiger partial charge in [-0.1, -0.05) is 13.0 Å². The van der Waals surface area contributed by atoms with Crippen molar-refractivity contribution in [3.63, 3.8) is 0 Å². The van der Waals surface area contributed by atoms with Gasteiger partial charge in [0.25, 0.3) is 0 Å². The second-order valence-corrected chi connectivity index (χ2v) is 5.74. The normalized spacial score (nSPS) is 21.7. The minimum Gasteiger partial charge on any atom is -0.481 e. The van der Waals surface area contributed by atoms with Gasteiger partial charge in [-0.05, 0) is 37.2 Å². The second-order valence-electron chi connectivity index (χ2n) is 5.74. The molecule has 2 N–H and O–H groups in total. The Hall–Kier alpha value is -1.05. The maximum absolute atomic E-state index is 5.06. The molecule has 124 valence electrons. The molecule has 0 amide bonds. The van der Waals surface area contributed by atoms with Crippen molar-refractivity contribution in [1.82, 2.24) is 15.6 Å². The van der Waals surface area contributed by atoms with Crippen molar-refractivity contribution in [1.29, 1.82) is 0 Å². The van der Waals surface area contributed by atoms with Crippen LogP contribution in [-0.2, 0) is 6.54 Å². The van der Waals surface area contributed by atoms with Crippen molar-refractivity contribution >= 4 is 29.9 Å². The van der Waals surface area contributed by atoms with Crippen molar-refractivity contribution in [2.24, 2.45) is 10.9 Å². The van der Waals surface area contributed by atoms with Crippen molar-refractivity contribution in [2.45, 2.75) is 45.2 Å². The predicted octanol–water partition coefficient (Wildman–Crippen LogP) is 2.95. The molecule has 1 aromatic heterocycles. The monoisotopic (exact) mass is 418 g/mol. The number of hydrogen-bond donors (Lipinski definition) is 2. The van der Waals surface area contributed by atoms with Gasteiger partial charge in [0.1, 0.15) is 0 Å². The number of aromatic nitrogens is 1. The van der Waals surface area contributed by atoms with Crippen LogP contribution >= 0.6 is 24.0 Å². The van der Waals surface area contributed by atoms with E-state index in [9.17, 15) is 0 Å². The molecular weight excluding hydrogens is 391 g/mol. The van der Waals surface area contributed by atoms with Gasteiger partial charge < -0.3 is 15.4 Å². The number of rotatable bonds is 4. The molecule has 0 unspecified atom stereocenters. The fourth-order valence-electron chi connectivity index (χ4n) is 2.61. The van der Waals surface area contributed by atoms with E-state index >= 15 is 0 Å². The molecule has 0 saturated heterocycles. The average molecular weight is 418 g/mol. The van der Waals surface area contributed by atoms with E-state index in [0.717, 1.165) is 17.4 Å². The summed E-state index contributed by atoms with van der Waals surface area (Å²) in [6.45, 7) is 3.04. The molecule has 6 heteroatoms. The number of hydrogen-bond acceptors (Lipinski definition) is 3. The third kappa shape index (κ3) is 5.98. The summed E-state index contributed by atoms with van der Waals surface area (Å²) >= 11 is 0. The molecule has 0 aromatic carbocycles. The van der Waals surface area contributed by atoms with Crippen LogP contribution in [0.4, 0.5) is 0 Å². The Kier molecular flexibility index (Phi) is 8.52. The first-order valence-electron chi connectivity index (χ1n) is 7.67. The van der Waals surface area contributed by atoms with Crippen LogP contribution in [0.5, 0.6) is 5.88 Å². The lowest BCUT2D eigenvalue weighted by Gasteiger charge is -2.28. The van der Waals surface area contributed by atoms with Crippen LogP contribution < -0.4 is 15.4 Å². The molecule has 1 heterocycles. The Morgan fingerprint density at radius 3 is 2.59 bits per heavy atom. The van der Waals surface area contributed by atoms with Gasteiger partial charge in [0.05, 0.1) is 7.11 Å². The van der Waals surface area contributed by atoms with E-state index in [0.29, 0.717) is 18.5 Å². The summed E-state index contributed by atoms with van der Waals surface area (Å²) in [4.78, 5) is 8.50. The van der Waals surface area contributed by atoms with Crippen molar-refractivity contribution < 1.29 is 4.74 Å². The maximum Gasteiger partial charge on any atom is 0.212 e. The van der Waals surface area contributed by atoms with Gasteiger partial charge in [-0.25, -0.2) is 4.98 Å². The summed E-state index contributed by atoms with van der Waals surface area (Å²) in [6, 6.07) is 4.42. The Balaban J connectivity index is 0.00000242. The molecule has 0 radical (unpaired) electrons. The second kappa shape index (κ2) is 9.86. The molecule has 22 heavy (non-hydrogen) atoms. The Labute approximate surface area is 150 Å². The highest BCUT2D eigenvalue weighted by Crippen LogP contribution is 2.23. The molecular formula is C16H27IN4O. The predicted molar refractivity (Wildman–Crippen MR) is 101 cm³/mol. The van der Waals surface area contributed by atoms with E-state index in [1.54, 1.807) is 7.11 Å². The Bertz CT molecular complexity index is 456. The molecule has 1 fully saturated rings. The van der Waals surface area contributed by atoms with Crippen molar-refractivity contribution in [3.8, 4) is 5.88 Å².